The molecule has 0 unspecified atom stereocenters. The molecule has 114 valence electrons. The first-order chi connectivity index (χ1) is 9.04. The van der Waals surface area contributed by atoms with Gasteiger partial charge in [0.05, 0.1) is 13.2 Å². The Hall–Kier alpha value is -1.18. The number of aliphatic hydroxyl groups excluding tert-OH is 1. The molecule has 0 heterocycles. The Bertz CT molecular complexity index is 200. The Morgan fingerprint density at radius 2 is 1.21 bits per heavy atom. The summed E-state index contributed by atoms with van der Waals surface area (Å²) >= 11 is 0. The van der Waals surface area contributed by atoms with Crippen LogP contribution in [-0.4, -0.2) is 40.5 Å². The van der Waals surface area contributed by atoms with E-state index in [1.807, 2.05) is 0 Å². The Morgan fingerprint density at radius 1 is 0.842 bits per heavy atom. The summed E-state index contributed by atoms with van der Waals surface area (Å²) in [6.07, 6.45) is 5.82. The molecule has 0 aromatic heterocycles. The van der Waals surface area contributed by atoms with Crippen LogP contribution in [0.1, 0.15) is 51.4 Å². The first-order valence-electron chi connectivity index (χ1n) is 6.40. The molecule has 0 amide bonds. The Morgan fingerprint density at radius 3 is 1.42 bits per heavy atom. The van der Waals surface area contributed by atoms with Gasteiger partial charge >= 0.3 is 11.9 Å². The summed E-state index contributed by atoms with van der Waals surface area (Å²) in [7, 11) is 0. The van der Waals surface area contributed by atoms with E-state index in [1.165, 1.54) is 0 Å². The Labute approximate surface area is 113 Å². The van der Waals surface area contributed by atoms with Crippen LogP contribution in [0.4, 0.5) is 0 Å². The minimum atomic E-state index is -0.740. The number of carbonyl (C=O) groups is 2. The topological polar surface area (TPSA) is 130 Å². The van der Waals surface area contributed by atoms with E-state index in [9.17, 15) is 9.59 Å². The van der Waals surface area contributed by atoms with Gasteiger partial charge in [0.15, 0.2) is 0 Å². The third kappa shape index (κ3) is 26.4. The van der Waals surface area contributed by atoms with Crippen molar-refractivity contribution in [3.8, 4) is 0 Å². The van der Waals surface area contributed by atoms with Crippen molar-refractivity contribution >= 4 is 11.9 Å². The van der Waals surface area contributed by atoms with Gasteiger partial charge in [0.1, 0.15) is 0 Å². The highest BCUT2D eigenvalue weighted by atomic mass is 16.6. The van der Waals surface area contributed by atoms with Crippen molar-refractivity contribution in [3.63, 3.8) is 0 Å². The van der Waals surface area contributed by atoms with Crippen molar-refractivity contribution in [3.05, 3.63) is 0 Å². The predicted octanol–water partition coefficient (Wildman–Crippen LogP) is 1.15. The molecule has 7 nitrogen and oxygen atoms in total. The quantitative estimate of drug-likeness (QED) is 0.329. The highest BCUT2D eigenvalue weighted by Crippen LogP contribution is 2.08. The largest absolute Gasteiger partial charge is 0.481 e. The van der Waals surface area contributed by atoms with Crippen LogP contribution < -0.4 is 5.90 Å². The van der Waals surface area contributed by atoms with E-state index in [0.717, 1.165) is 38.5 Å². The summed E-state index contributed by atoms with van der Waals surface area (Å²) in [4.78, 5) is 24.2. The molecule has 0 aliphatic carbocycles. The molecule has 0 atom stereocenters. The molecule has 0 aromatic rings. The number of aliphatic hydroxyl groups is 1. The molecule has 0 aliphatic heterocycles. The zero-order valence-corrected chi connectivity index (χ0v) is 11.2. The molecule has 0 saturated carbocycles. The van der Waals surface area contributed by atoms with E-state index >= 15 is 0 Å². The number of rotatable bonds is 11. The number of carboxylic acids is 2. The maximum Gasteiger partial charge on any atom is 0.303 e. The van der Waals surface area contributed by atoms with E-state index in [2.05, 4.69) is 10.7 Å². The van der Waals surface area contributed by atoms with Crippen molar-refractivity contribution < 1.29 is 29.7 Å². The fraction of sp³-hybridized carbons (Fsp3) is 0.833. The summed E-state index contributed by atoms with van der Waals surface area (Å²) in [5, 5.41) is 24.6. The van der Waals surface area contributed by atoms with Gasteiger partial charge in [-0.25, -0.2) is 5.90 Å². The van der Waals surface area contributed by atoms with E-state index in [4.69, 9.17) is 15.3 Å². The average Bonchev–Trinajstić information content (AvgIpc) is 2.33. The van der Waals surface area contributed by atoms with Crippen molar-refractivity contribution in [2.75, 3.05) is 13.2 Å². The van der Waals surface area contributed by atoms with Crippen molar-refractivity contribution in [1.82, 2.24) is 0 Å². The number of hydrogen-bond acceptors (Lipinski definition) is 5. The van der Waals surface area contributed by atoms with Gasteiger partial charge < -0.3 is 20.2 Å². The van der Waals surface area contributed by atoms with Crippen LogP contribution >= 0.6 is 0 Å². The zero-order valence-electron chi connectivity index (χ0n) is 11.2. The van der Waals surface area contributed by atoms with Gasteiger partial charge in [0, 0.05) is 12.8 Å². The third-order valence-corrected chi connectivity index (χ3v) is 2.24. The second kappa shape index (κ2) is 16.8. The molecule has 0 aliphatic rings. The second-order valence-corrected chi connectivity index (χ2v) is 4.00. The van der Waals surface area contributed by atoms with E-state index in [0.29, 0.717) is 0 Å². The molecule has 0 radical (unpaired) electrons. The SMILES string of the molecule is NOCCO.O=C(O)CCCCCCCCC(=O)O. The molecular formula is C12H25NO6. The standard InChI is InChI=1S/C10H18O4.C2H7NO2/c11-9(12)7-5-3-1-2-4-6-8-10(13)14;3-5-2-1-4/h1-8H2,(H,11,12)(H,13,14);4H,1-3H2. The summed E-state index contributed by atoms with van der Waals surface area (Å²) < 4.78 is 0. The zero-order chi connectivity index (χ0) is 14.9. The lowest BCUT2D eigenvalue weighted by molar-refractivity contribution is -0.138. The molecule has 19 heavy (non-hydrogen) atoms. The first kappa shape index (κ1) is 20.1. The molecule has 0 spiro atoms. The van der Waals surface area contributed by atoms with Gasteiger partial charge in [-0.05, 0) is 12.8 Å². The highest BCUT2D eigenvalue weighted by molar-refractivity contribution is 5.66. The van der Waals surface area contributed by atoms with Crippen LogP contribution in [0.5, 0.6) is 0 Å². The van der Waals surface area contributed by atoms with Gasteiger partial charge in [-0.2, -0.15) is 0 Å². The minimum absolute atomic E-state index is 0.00347. The van der Waals surface area contributed by atoms with E-state index in [1.54, 1.807) is 0 Å². The first-order valence-corrected chi connectivity index (χ1v) is 6.40. The molecule has 5 N–H and O–H groups in total. The second-order valence-electron chi connectivity index (χ2n) is 4.00. The maximum atomic E-state index is 10.1. The monoisotopic (exact) mass is 279 g/mol. The molecule has 0 fully saturated rings. The molecule has 0 bridgehead atoms. The lowest BCUT2D eigenvalue weighted by Gasteiger charge is -1.98. The lowest BCUT2D eigenvalue weighted by atomic mass is 10.1. The van der Waals surface area contributed by atoms with Crippen molar-refractivity contribution in [2.45, 2.75) is 51.4 Å². The average molecular weight is 279 g/mol. The van der Waals surface area contributed by atoms with Gasteiger partial charge in [-0.15, -0.1) is 0 Å². The number of nitrogens with two attached hydrogens (primary N) is 1. The van der Waals surface area contributed by atoms with Crippen LogP contribution in [-0.2, 0) is 14.4 Å². The molecule has 7 heteroatoms. The summed E-state index contributed by atoms with van der Waals surface area (Å²) in [6.45, 7) is 0.219. The predicted molar refractivity (Wildman–Crippen MR) is 69.4 cm³/mol. The van der Waals surface area contributed by atoms with Gasteiger partial charge in [0.25, 0.3) is 0 Å². The van der Waals surface area contributed by atoms with Crippen LogP contribution in [0.3, 0.4) is 0 Å². The van der Waals surface area contributed by atoms with Gasteiger partial charge in [0.2, 0.25) is 0 Å². The van der Waals surface area contributed by atoms with Gasteiger partial charge in [-0.1, -0.05) is 25.7 Å². The van der Waals surface area contributed by atoms with Crippen LogP contribution in [0.2, 0.25) is 0 Å². The Balaban J connectivity index is 0. The normalized spacial score (nSPS) is 9.58. The third-order valence-electron chi connectivity index (χ3n) is 2.24. The Kier molecular flexibility index (Phi) is 17.8. The van der Waals surface area contributed by atoms with Crippen molar-refractivity contribution in [2.24, 2.45) is 5.90 Å². The van der Waals surface area contributed by atoms with Crippen LogP contribution in [0.25, 0.3) is 0 Å². The van der Waals surface area contributed by atoms with E-state index in [-0.39, 0.29) is 26.1 Å². The molecular weight excluding hydrogens is 254 g/mol. The summed E-state index contributed by atoms with van der Waals surface area (Å²) in [5.41, 5.74) is 0. The number of aliphatic carboxylic acids is 2. The van der Waals surface area contributed by atoms with Crippen molar-refractivity contribution in [1.29, 1.82) is 0 Å². The molecule has 0 rings (SSSR count). The number of hydrogen-bond donors (Lipinski definition) is 4. The number of carboxylic acid groups (broad SMARTS) is 2. The van der Waals surface area contributed by atoms with Gasteiger partial charge in [-0.3, -0.25) is 9.59 Å². The fourth-order valence-corrected chi connectivity index (χ4v) is 1.31. The molecule has 0 saturated heterocycles. The highest BCUT2D eigenvalue weighted by Gasteiger charge is 1.98. The smallest absolute Gasteiger partial charge is 0.303 e. The summed E-state index contributed by atoms with van der Waals surface area (Å²) in [5.74, 6) is 3.00. The fourth-order valence-electron chi connectivity index (χ4n) is 1.31. The molecule has 0 aromatic carbocycles. The van der Waals surface area contributed by atoms with E-state index < -0.39 is 11.9 Å². The number of unbranched alkanes of at least 4 members (excludes halogenated alkanes) is 5. The summed E-state index contributed by atoms with van der Waals surface area (Å²) in [6, 6.07) is 0. The van der Waals surface area contributed by atoms with Crippen LogP contribution in [0.15, 0.2) is 0 Å². The minimum Gasteiger partial charge on any atom is -0.481 e. The maximum absolute atomic E-state index is 10.1. The van der Waals surface area contributed by atoms with Crippen LogP contribution in [0, 0.1) is 0 Å². The lowest BCUT2D eigenvalue weighted by Crippen LogP contribution is -2.03.